The van der Waals surface area contributed by atoms with Crippen LogP contribution in [-0.2, 0) is 0 Å². The Morgan fingerprint density at radius 3 is 2.88 bits per heavy atom. The number of hydrogen-bond acceptors (Lipinski definition) is 8. The molecule has 0 aliphatic heterocycles. The normalized spacial score (nSPS) is 11.0. The number of alkyl halides is 2. The second kappa shape index (κ2) is 7.29. The minimum atomic E-state index is -2.75. The van der Waals surface area contributed by atoms with E-state index in [-0.39, 0.29) is 31.9 Å². The number of methoxy groups -OCH3 is 1. The van der Waals surface area contributed by atoms with Gasteiger partial charge in [0.25, 0.3) is 12.3 Å². The highest BCUT2D eigenvalue weighted by atomic mass is 79.9. The quantitative estimate of drug-likeness (QED) is 0.639. The monoisotopic (exact) mass is 447 g/mol. The fraction of sp³-hybridized carbons (Fsp3) is 0.154. The first-order valence-corrected chi connectivity index (χ1v) is 8.36. The summed E-state index contributed by atoms with van der Waals surface area (Å²) in [5.41, 5.74) is -1.20. The summed E-state index contributed by atoms with van der Waals surface area (Å²) in [7, 11) is 1.28. The van der Waals surface area contributed by atoms with Gasteiger partial charge in [-0.3, -0.25) is 10.1 Å². The van der Waals surface area contributed by atoms with Crippen molar-refractivity contribution in [1.82, 2.24) is 20.0 Å². The second-order valence-electron chi connectivity index (χ2n) is 4.59. The van der Waals surface area contributed by atoms with Gasteiger partial charge in [-0.25, -0.2) is 18.3 Å². The van der Waals surface area contributed by atoms with Crippen LogP contribution in [0.25, 0.3) is 5.13 Å². The van der Waals surface area contributed by atoms with Crippen molar-refractivity contribution in [3.63, 3.8) is 0 Å². The minimum Gasteiger partial charge on any atom is -0.489 e. The van der Waals surface area contributed by atoms with Crippen molar-refractivity contribution in [3.05, 3.63) is 44.7 Å². The molecule has 0 spiro atoms. The first-order valence-electron chi connectivity index (χ1n) is 6.75. The molecule has 0 saturated heterocycles. The molecule has 0 unspecified atom stereocenters. The Labute approximate surface area is 155 Å². The highest BCUT2D eigenvalue weighted by Crippen LogP contribution is 2.26. The van der Waals surface area contributed by atoms with E-state index in [0.29, 0.717) is 0 Å². The molecular formula is C13H8BrF2N5O4S. The first kappa shape index (κ1) is 18.1. The van der Waals surface area contributed by atoms with Gasteiger partial charge in [0.15, 0.2) is 5.76 Å². The van der Waals surface area contributed by atoms with Crippen LogP contribution < -0.4 is 15.7 Å². The van der Waals surface area contributed by atoms with Gasteiger partial charge in [-0.15, -0.1) is 10.2 Å². The Hall–Kier alpha value is -2.67. The van der Waals surface area contributed by atoms with Crippen molar-refractivity contribution in [2.24, 2.45) is 0 Å². The number of anilines is 1. The van der Waals surface area contributed by atoms with E-state index >= 15 is 0 Å². The van der Waals surface area contributed by atoms with Crippen LogP contribution in [0.3, 0.4) is 0 Å². The lowest BCUT2D eigenvalue weighted by Gasteiger charge is -2.04. The summed E-state index contributed by atoms with van der Waals surface area (Å²) in [6.45, 7) is 0. The molecule has 0 bridgehead atoms. The van der Waals surface area contributed by atoms with E-state index in [9.17, 15) is 18.4 Å². The smallest absolute Gasteiger partial charge is 0.380 e. The van der Waals surface area contributed by atoms with Gasteiger partial charge in [0.2, 0.25) is 16.0 Å². The van der Waals surface area contributed by atoms with Gasteiger partial charge in [-0.05, 0) is 22.0 Å². The third-order valence-corrected chi connectivity index (χ3v) is 4.41. The van der Waals surface area contributed by atoms with Crippen LogP contribution in [0.2, 0.25) is 0 Å². The van der Waals surface area contributed by atoms with Crippen LogP contribution in [0.1, 0.15) is 22.7 Å². The van der Waals surface area contributed by atoms with Gasteiger partial charge in [0.1, 0.15) is 5.69 Å². The summed E-state index contributed by atoms with van der Waals surface area (Å²) in [6.07, 6.45) is -1.55. The summed E-state index contributed by atoms with van der Waals surface area (Å²) >= 11 is 3.91. The summed E-state index contributed by atoms with van der Waals surface area (Å²) in [5, 5.41) is 13.6. The number of carbonyl (C=O) groups excluding carboxylic acids is 1. The van der Waals surface area contributed by atoms with E-state index in [4.69, 9.17) is 9.15 Å². The van der Waals surface area contributed by atoms with Gasteiger partial charge in [0, 0.05) is 12.3 Å². The molecule has 1 amide bonds. The minimum absolute atomic E-state index is 0.00954. The number of carbonyl (C=O) groups is 1. The molecule has 0 aliphatic carbocycles. The SMILES string of the molecule is COc1c(Br)cc(C(=O)Nc2nnc(-n3nccc3C(F)F)s2)oc1=O. The molecule has 3 heterocycles. The summed E-state index contributed by atoms with van der Waals surface area (Å²) in [4.78, 5) is 23.9. The molecule has 3 aromatic rings. The van der Waals surface area contributed by atoms with Crippen LogP contribution in [0, 0.1) is 0 Å². The maximum atomic E-state index is 12.9. The molecular weight excluding hydrogens is 440 g/mol. The highest BCUT2D eigenvalue weighted by molar-refractivity contribution is 9.10. The zero-order chi connectivity index (χ0) is 18.8. The van der Waals surface area contributed by atoms with E-state index in [0.717, 1.165) is 22.1 Å². The van der Waals surface area contributed by atoms with Gasteiger partial charge < -0.3 is 9.15 Å². The van der Waals surface area contributed by atoms with Crippen molar-refractivity contribution in [2.45, 2.75) is 6.43 Å². The molecule has 26 heavy (non-hydrogen) atoms. The summed E-state index contributed by atoms with van der Waals surface area (Å²) < 4.78 is 36.6. The summed E-state index contributed by atoms with van der Waals surface area (Å²) in [5.74, 6) is -1.16. The fourth-order valence-electron chi connectivity index (χ4n) is 1.90. The molecule has 1 N–H and O–H groups in total. The van der Waals surface area contributed by atoms with Crippen LogP contribution in [0.15, 0.2) is 32.0 Å². The van der Waals surface area contributed by atoms with Gasteiger partial charge in [-0.1, -0.05) is 11.3 Å². The second-order valence-corrected chi connectivity index (χ2v) is 6.40. The van der Waals surface area contributed by atoms with E-state index in [1.807, 2.05) is 0 Å². The lowest BCUT2D eigenvalue weighted by Crippen LogP contribution is -2.15. The van der Waals surface area contributed by atoms with Gasteiger partial charge >= 0.3 is 5.63 Å². The van der Waals surface area contributed by atoms with Crippen molar-refractivity contribution >= 4 is 38.3 Å². The van der Waals surface area contributed by atoms with Crippen molar-refractivity contribution in [2.75, 3.05) is 12.4 Å². The Kier molecular flexibility index (Phi) is 5.08. The Morgan fingerprint density at radius 2 is 2.23 bits per heavy atom. The molecule has 0 fully saturated rings. The molecule has 0 atom stereocenters. The average molecular weight is 448 g/mol. The van der Waals surface area contributed by atoms with Gasteiger partial charge in [-0.2, -0.15) is 5.10 Å². The highest BCUT2D eigenvalue weighted by Gasteiger charge is 2.20. The molecule has 13 heteroatoms. The van der Waals surface area contributed by atoms with Crippen molar-refractivity contribution in [3.8, 4) is 10.9 Å². The van der Waals surface area contributed by atoms with Crippen LogP contribution in [-0.4, -0.2) is 33.0 Å². The number of halogens is 3. The Balaban J connectivity index is 1.82. The van der Waals surface area contributed by atoms with E-state index in [2.05, 4.69) is 36.5 Å². The Morgan fingerprint density at radius 1 is 1.46 bits per heavy atom. The standard InChI is InChI=1S/C13H8BrF2N5O4S/c1-24-8-5(14)4-7(25-11(8)23)10(22)18-12-19-20-13(26-12)21-6(9(15)16)2-3-17-21/h2-4,9H,1H3,(H,18,19,22). The lowest BCUT2D eigenvalue weighted by molar-refractivity contribution is 0.0991. The number of nitrogens with one attached hydrogen (secondary N) is 1. The number of amides is 1. The average Bonchev–Trinajstić information content (AvgIpc) is 3.23. The number of hydrogen-bond donors (Lipinski definition) is 1. The maximum Gasteiger partial charge on any atom is 0.380 e. The fourth-order valence-corrected chi connectivity index (χ4v) is 3.15. The Bertz CT molecular complexity index is 1020. The molecule has 0 saturated carbocycles. The predicted octanol–water partition coefficient (Wildman–Crippen LogP) is 2.64. The number of rotatable bonds is 5. The van der Waals surface area contributed by atoms with Gasteiger partial charge in [0.05, 0.1) is 11.6 Å². The topological polar surface area (TPSA) is 112 Å². The summed E-state index contributed by atoms with van der Waals surface area (Å²) in [6, 6.07) is 2.40. The van der Waals surface area contributed by atoms with E-state index in [1.165, 1.54) is 19.4 Å². The molecule has 3 aromatic heterocycles. The first-order chi connectivity index (χ1) is 12.4. The molecule has 136 valence electrons. The van der Waals surface area contributed by atoms with Crippen molar-refractivity contribution < 1.29 is 22.7 Å². The number of aromatic nitrogens is 4. The van der Waals surface area contributed by atoms with E-state index < -0.39 is 18.0 Å². The maximum absolute atomic E-state index is 12.9. The number of nitrogens with zero attached hydrogens (tertiary/aromatic N) is 4. The molecule has 0 radical (unpaired) electrons. The molecule has 3 rings (SSSR count). The lowest BCUT2D eigenvalue weighted by atomic mass is 10.3. The third-order valence-electron chi connectivity index (χ3n) is 3.00. The van der Waals surface area contributed by atoms with Crippen LogP contribution in [0.5, 0.6) is 5.75 Å². The zero-order valence-electron chi connectivity index (χ0n) is 12.8. The molecule has 0 aliphatic rings. The predicted molar refractivity (Wildman–Crippen MR) is 89.2 cm³/mol. The molecule has 9 nitrogen and oxygen atoms in total. The third kappa shape index (κ3) is 3.48. The number of ether oxygens (including phenoxy) is 1. The molecule has 0 aromatic carbocycles. The van der Waals surface area contributed by atoms with Crippen LogP contribution >= 0.6 is 27.3 Å². The van der Waals surface area contributed by atoms with E-state index in [1.54, 1.807) is 0 Å². The van der Waals surface area contributed by atoms with Crippen molar-refractivity contribution in [1.29, 1.82) is 0 Å². The largest absolute Gasteiger partial charge is 0.489 e. The zero-order valence-corrected chi connectivity index (χ0v) is 15.2. The van der Waals surface area contributed by atoms with Crippen LogP contribution in [0.4, 0.5) is 13.9 Å².